The minimum atomic E-state index is -0.762. The fourth-order valence-corrected chi connectivity index (χ4v) is 9.95. The van der Waals surface area contributed by atoms with Crippen LogP contribution in [0, 0.1) is 22.5 Å². The highest BCUT2D eigenvalue weighted by molar-refractivity contribution is 6.01. The van der Waals surface area contributed by atoms with E-state index in [1.165, 1.54) is 31.2 Å². The molecular weight excluding hydrogens is 656 g/mol. The number of phenols is 1. The molecule has 2 aromatic carbocycles. The van der Waals surface area contributed by atoms with Gasteiger partial charge in [0.25, 0.3) is 0 Å². The zero-order valence-electron chi connectivity index (χ0n) is 29.0. The Bertz CT molecular complexity index is 1990. The van der Waals surface area contributed by atoms with Crippen molar-refractivity contribution in [3.63, 3.8) is 0 Å². The average Bonchev–Trinajstić information content (AvgIpc) is 3.41. The number of β-amino-alcohol motifs (C(OH)–C–C–N with tert-alkyl or cyclic N) is 1. The number of aliphatic hydroxyl groups excluding tert-OH is 1. The lowest BCUT2D eigenvalue weighted by molar-refractivity contribution is -0.218. The standard InChI is InChI=1S/C39H45F2N5O5/c1-2-26-29(40)7-6-23-15-24(47)16-27(32(23)26)34-33(41)35-28(17-42-34)36(45-13-14-49-19-25(48)18-45)44-37(43-35)51-22-38-9-3-5-30(38)46(12-4-10-38)31-8-11-39(31)20-50-21-39/h6-7,15-17,25,30-31,47-48H,2-5,8-14,18-22H2,1H3. The molecule has 2 aliphatic carbocycles. The van der Waals surface area contributed by atoms with E-state index in [1.54, 1.807) is 12.1 Å². The lowest BCUT2D eigenvalue weighted by atomic mass is 9.60. The van der Waals surface area contributed by atoms with Gasteiger partial charge in [-0.05, 0) is 86.0 Å². The smallest absolute Gasteiger partial charge is 0.319 e. The molecule has 4 unspecified atom stereocenters. The van der Waals surface area contributed by atoms with E-state index < -0.39 is 17.7 Å². The van der Waals surface area contributed by atoms with Crippen LogP contribution in [0.2, 0.25) is 0 Å². The predicted molar refractivity (Wildman–Crippen MR) is 188 cm³/mol. The van der Waals surface area contributed by atoms with Gasteiger partial charge >= 0.3 is 6.01 Å². The van der Waals surface area contributed by atoms with Crippen LogP contribution in [0.15, 0.2) is 30.5 Å². The van der Waals surface area contributed by atoms with Crippen molar-refractivity contribution in [2.24, 2.45) is 10.8 Å². The van der Waals surface area contributed by atoms with Crippen LogP contribution in [0.25, 0.3) is 32.9 Å². The van der Waals surface area contributed by atoms with Gasteiger partial charge in [-0.15, -0.1) is 0 Å². The molecule has 3 saturated heterocycles. The summed E-state index contributed by atoms with van der Waals surface area (Å²) in [5, 5.41) is 22.7. The maximum absolute atomic E-state index is 17.0. The van der Waals surface area contributed by atoms with Crippen LogP contribution in [0.5, 0.6) is 11.8 Å². The molecule has 4 aromatic rings. The van der Waals surface area contributed by atoms with E-state index in [-0.39, 0.29) is 47.1 Å². The maximum atomic E-state index is 17.0. The van der Waals surface area contributed by atoms with E-state index in [9.17, 15) is 10.2 Å². The van der Waals surface area contributed by atoms with Crippen molar-refractivity contribution in [1.29, 1.82) is 0 Å². The van der Waals surface area contributed by atoms with Crippen molar-refractivity contribution in [1.82, 2.24) is 19.9 Å². The molecule has 4 atom stereocenters. The number of hydrogen-bond donors (Lipinski definition) is 2. The number of nitrogens with zero attached hydrogens (tertiary/aromatic N) is 5. The number of ether oxygens (including phenoxy) is 3. The van der Waals surface area contributed by atoms with Crippen molar-refractivity contribution in [2.45, 2.75) is 76.5 Å². The summed E-state index contributed by atoms with van der Waals surface area (Å²) in [5.74, 6) is -0.794. The minimum absolute atomic E-state index is 0.0118. The lowest BCUT2D eigenvalue weighted by Gasteiger charge is -2.62. The van der Waals surface area contributed by atoms with E-state index in [2.05, 4.69) is 9.88 Å². The molecule has 51 heavy (non-hydrogen) atoms. The average molecular weight is 702 g/mol. The van der Waals surface area contributed by atoms with Gasteiger partial charge in [-0.3, -0.25) is 9.88 Å². The van der Waals surface area contributed by atoms with E-state index in [4.69, 9.17) is 24.2 Å². The lowest BCUT2D eigenvalue weighted by Crippen LogP contribution is -2.68. The van der Waals surface area contributed by atoms with Crippen LogP contribution in [0.1, 0.15) is 57.4 Å². The highest BCUT2D eigenvalue weighted by Gasteiger charge is 2.59. The first kappa shape index (κ1) is 33.1. The van der Waals surface area contributed by atoms with Crippen LogP contribution in [-0.4, -0.2) is 101 Å². The minimum Gasteiger partial charge on any atom is -0.508 e. The maximum Gasteiger partial charge on any atom is 0.319 e. The first-order chi connectivity index (χ1) is 24.8. The SMILES string of the molecule is CCc1c(F)ccc2cc(O)cc(-c3ncc4c(N5CCOCC(O)C5)nc(OCC56CCCC5N(C5CCC57COC7)CCC6)nc4c3F)c12. The number of anilines is 1. The summed E-state index contributed by atoms with van der Waals surface area (Å²) in [4.78, 5) is 18.8. The molecule has 10 nitrogen and oxygen atoms in total. The summed E-state index contributed by atoms with van der Waals surface area (Å²) in [6.45, 7) is 6.31. The van der Waals surface area contributed by atoms with Crippen LogP contribution in [0.3, 0.4) is 0 Å². The van der Waals surface area contributed by atoms with Crippen molar-refractivity contribution in [3.8, 4) is 23.0 Å². The molecule has 1 spiro atoms. The Morgan fingerprint density at radius 1 is 1.02 bits per heavy atom. The highest BCUT2D eigenvalue weighted by Crippen LogP contribution is 2.56. The van der Waals surface area contributed by atoms with E-state index >= 15 is 8.78 Å². The van der Waals surface area contributed by atoms with Gasteiger partial charge in [-0.1, -0.05) is 19.4 Å². The number of aryl methyl sites for hydroxylation is 1. The Labute approximate surface area is 295 Å². The number of pyridine rings is 1. The van der Waals surface area contributed by atoms with Gasteiger partial charge in [0.05, 0.1) is 44.5 Å². The van der Waals surface area contributed by atoms with Crippen LogP contribution in [-0.2, 0) is 15.9 Å². The third-order valence-electron chi connectivity index (χ3n) is 12.6. The second-order valence-electron chi connectivity index (χ2n) is 15.5. The number of rotatable bonds is 7. The molecule has 12 heteroatoms. The van der Waals surface area contributed by atoms with E-state index in [0.717, 1.165) is 51.9 Å². The van der Waals surface area contributed by atoms with Crippen LogP contribution < -0.4 is 9.64 Å². The fraction of sp³-hybridized carbons (Fsp3) is 0.564. The largest absolute Gasteiger partial charge is 0.508 e. The molecule has 2 aromatic heterocycles. The Morgan fingerprint density at radius 3 is 2.67 bits per heavy atom. The predicted octanol–water partition coefficient (Wildman–Crippen LogP) is 5.78. The Balaban J connectivity index is 1.12. The number of hydrogen-bond acceptors (Lipinski definition) is 10. The zero-order valence-corrected chi connectivity index (χ0v) is 29.0. The molecule has 0 radical (unpaired) electrons. The number of aliphatic hydroxyl groups is 1. The number of benzene rings is 2. The third kappa shape index (κ3) is 5.43. The van der Waals surface area contributed by atoms with Crippen LogP contribution in [0.4, 0.5) is 14.6 Å². The molecule has 2 saturated carbocycles. The van der Waals surface area contributed by atoms with Crippen LogP contribution >= 0.6 is 0 Å². The summed E-state index contributed by atoms with van der Waals surface area (Å²) >= 11 is 0. The quantitative estimate of drug-likeness (QED) is 0.246. The molecule has 5 fully saturated rings. The summed E-state index contributed by atoms with van der Waals surface area (Å²) in [6.07, 6.45) is 9.08. The number of halogens is 2. The molecule has 0 amide bonds. The van der Waals surface area contributed by atoms with Crippen molar-refractivity contribution < 1.29 is 33.2 Å². The number of aromatic nitrogens is 3. The summed E-state index contributed by atoms with van der Waals surface area (Å²) in [7, 11) is 0. The molecular formula is C39H45F2N5O5. The molecule has 3 aliphatic heterocycles. The van der Waals surface area contributed by atoms with Gasteiger partial charge in [0.2, 0.25) is 0 Å². The van der Waals surface area contributed by atoms with Gasteiger partial charge in [0.15, 0.2) is 5.82 Å². The number of phenolic OH excluding ortho intramolecular Hbond substituents is 1. The van der Waals surface area contributed by atoms with Crippen molar-refractivity contribution in [2.75, 3.05) is 57.6 Å². The summed E-state index contributed by atoms with van der Waals surface area (Å²) in [6, 6.07) is 6.95. The Morgan fingerprint density at radius 2 is 1.88 bits per heavy atom. The fourth-order valence-electron chi connectivity index (χ4n) is 9.95. The Hall–Kier alpha value is -3.71. The monoisotopic (exact) mass is 701 g/mol. The number of piperidine rings is 1. The molecule has 9 rings (SSSR count). The molecule has 0 bridgehead atoms. The van der Waals surface area contributed by atoms with E-state index in [1.807, 2.05) is 11.8 Å². The molecule has 2 N–H and O–H groups in total. The molecule has 270 valence electrons. The highest BCUT2D eigenvalue weighted by atomic mass is 19.1. The molecule has 5 aliphatic rings. The summed E-state index contributed by atoms with van der Waals surface area (Å²) < 4.78 is 50.0. The first-order valence-corrected chi connectivity index (χ1v) is 18.6. The second kappa shape index (κ2) is 12.8. The van der Waals surface area contributed by atoms with Gasteiger partial charge in [-0.25, -0.2) is 8.78 Å². The van der Waals surface area contributed by atoms with Gasteiger partial charge in [0, 0.05) is 47.8 Å². The first-order valence-electron chi connectivity index (χ1n) is 18.6. The normalized spacial score (nSPS) is 27.7. The number of aromatic hydroxyl groups is 1. The van der Waals surface area contributed by atoms with Gasteiger partial charge < -0.3 is 29.3 Å². The summed E-state index contributed by atoms with van der Waals surface area (Å²) in [5.41, 5.74) is 0.927. The van der Waals surface area contributed by atoms with E-state index in [0.29, 0.717) is 71.2 Å². The number of likely N-dealkylation sites (tertiary alicyclic amines) is 1. The molecule has 5 heterocycles. The topological polar surface area (TPSA) is 113 Å². The Kier molecular flexibility index (Phi) is 8.29. The number of fused-ring (bicyclic) bond motifs is 3. The van der Waals surface area contributed by atoms with Gasteiger partial charge in [-0.2, -0.15) is 9.97 Å². The second-order valence-corrected chi connectivity index (χ2v) is 15.5. The zero-order chi connectivity index (χ0) is 34.9. The third-order valence-corrected chi connectivity index (χ3v) is 12.6. The van der Waals surface area contributed by atoms with Crippen molar-refractivity contribution in [3.05, 3.63) is 47.7 Å². The van der Waals surface area contributed by atoms with Crippen molar-refractivity contribution >= 4 is 27.5 Å². The van der Waals surface area contributed by atoms with Gasteiger partial charge in [0.1, 0.15) is 28.6 Å².